The molecule has 1 rings (SSSR count). The van der Waals surface area contributed by atoms with Crippen LogP contribution in [0.1, 0.15) is 0 Å². The zero-order chi connectivity index (χ0) is 11.6. The van der Waals surface area contributed by atoms with Crippen LogP contribution >= 0.6 is 10.0 Å². The molecule has 4 N–H and O–H groups in total. The van der Waals surface area contributed by atoms with Crippen LogP contribution in [0.15, 0.2) is 0 Å². The molecule has 1 fully saturated rings. The van der Waals surface area contributed by atoms with Gasteiger partial charge in [-0.2, -0.15) is 0 Å². The summed E-state index contributed by atoms with van der Waals surface area (Å²) in [5.41, 5.74) is 3.62. The van der Waals surface area contributed by atoms with Crippen molar-refractivity contribution < 1.29 is 25.2 Å². The average Bonchev–Trinajstić information content (AvgIpc) is 2.18. The molecule has 0 spiro atoms. The molecular formula is C8H17AsO5S. The standard InChI is InChI=1S/C8H17AsO5S/c1-9(2)15-8-7(13)6(12)5(11)4(3-10)14-8/h4-8,10-13H,3H2,1-2H3/t4-,5+,6+,7-,8+/m1/s1. The van der Waals surface area contributed by atoms with Crippen LogP contribution in [0.25, 0.3) is 0 Å². The van der Waals surface area contributed by atoms with Gasteiger partial charge in [0.05, 0.1) is 0 Å². The van der Waals surface area contributed by atoms with E-state index in [-0.39, 0.29) is 6.61 Å². The molecule has 5 atom stereocenters. The van der Waals surface area contributed by atoms with E-state index in [2.05, 4.69) is 11.4 Å². The normalized spacial score (nSPS) is 42.2. The molecule has 0 aromatic rings. The molecule has 0 aliphatic carbocycles. The molecule has 0 aromatic heterocycles. The van der Waals surface area contributed by atoms with Gasteiger partial charge >= 0.3 is 96.6 Å². The van der Waals surface area contributed by atoms with Crippen molar-refractivity contribution in [3.63, 3.8) is 0 Å². The SMILES string of the molecule is C[As](C)S[C@@H]1O[C@H](CO)[C@H](O)[C@H](O)[C@H]1O. The molecule has 5 nitrogen and oxygen atoms in total. The van der Waals surface area contributed by atoms with Gasteiger partial charge in [-0.1, -0.05) is 0 Å². The van der Waals surface area contributed by atoms with E-state index in [1.165, 1.54) is 10.0 Å². The minimum absolute atomic E-state index is 0.359. The summed E-state index contributed by atoms with van der Waals surface area (Å²) in [4.78, 5) is 0. The molecule has 1 aliphatic rings. The van der Waals surface area contributed by atoms with Crippen LogP contribution < -0.4 is 0 Å². The van der Waals surface area contributed by atoms with Gasteiger partial charge in [0.15, 0.2) is 0 Å². The van der Waals surface area contributed by atoms with Crippen LogP contribution in [0.3, 0.4) is 0 Å². The van der Waals surface area contributed by atoms with Crippen LogP contribution in [-0.4, -0.2) is 70.4 Å². The molecule has 0 bridgehead atoms. The van der Waals surface area contributed by atoms with Crippen molar-refractivity contribution in [2.75, 3.05) is 6.61 Å². The first-order valence-electron chi connectivity index (χ1n) is 4.62. The van der Waals surface area contributed by atoms with Crippen molar-refractivity contribution in [1.82, 2.24) is 0 Å². The number of hydrogen-bond donors (Lipinski definition) is 4. The Kier molecular flexibility index (Phi) is 5.39. The molecule has 15 heavy (non-hydrogen) atoms. The number of hydrogen-bond acceptors (Lipinski definition) is 6. The fourth-order valence-corrected chi connectivity index (χ4v) is 5.97. The van der Waals surface area contributed by atoms with Crippen molar-refractivity contribution >= 4 is 23.5 Å². The van der Waals surface area contributed by atoms with Gasteiger partial charge in [-0.25, -0.2) is 0 Å². The molecule has 0 unspecified atom stereocenters. The Hall–Kier alpha value is 0.708. The van der Waals surface area contributed by atoms with Crippen molar-refractivity contribution in [2.24, 2.45) is 0 Å². The summed E-state index contributed by atoms with van der Waals surface area (Å²) in [5.74, 6) is 0. The van der Waals surface area contributed by atoms with Crippen LogP contribution in [0.5, 0.6) is 0 Å². The van der Waals surface area contributed by atoms with Crippen LogP contribution in [0, 0.1) is 0 Å². The van der Waals surface area contributed by atoms with E-state index in [0.717, 1.165) is 0 Å². The fraction of sp³-hybridized carbons (Fsp3) is 1.00. The number of ether oxygens (including phenoxy) is 1. The Morgan fingerprint density at radius 3 is 2.20 bits per heavy atom. The van der Waals surface area contributed by atoms with Gasteiger partial charge in [0.1, 0.15) is 0 Å². The quantitative estimate of drug-likeness (QED) is 0.488. The molecule has 7 heteroatoms. The summed E-state index contributed by atoms with van der Waals surface area (Å²) in [7, 11) is 1.50. The third kappa shape index (κ3) is 3.33. The summed E-state index contributed by atoms with van der Waals surface area (Å²) in [6.45, 7) is -0.359. The third-order valence-electron chi connectivity index (χ3n) is 2.16. The topological polar surface area (TPSA) is 90.2 Å². The van der Waals surface area contributed by atoms with E-state index in [1.807, 2.05) is 0 Å². The molecule has 1 saturated heterocycles. The van der Waals surface area contributed by atoms with Crippen LogP contribution in [-0.2, 0) is 4.74 Å². The first kappa shape index (κ1) is 13.8. The molecule has 1 heterocycles. The summed E-state index contributed by atoms with van der Waals surface area (Å²) in [6, 6.07) is 0. The average molecular weight is 300 g/mol. The van der Waals surface area contributed by atoms with Gasteiger partial charge in [0.25, 0.3) is 0 Å². The Morgan fingerprint density at radius 2 is 1.73 bits per heavy atom. The van der Waals surface area contributed by atoms with Gasteiger partial charge in [0.2, 0.25) is 0 Å². The minimum atomic E-state index is -1.25. The molecular weight excluding hydrogens is 283 g/mol. The van der Waals surface area contributed by atoms with Crippen molar-refractivity contribution in [3.8, 4) is 0 Å². The molecule has 0 aromatic carbocycles. The summed E-state index contributed by atoms with van der Waals surface area (Å²) in [5, 5.41) is 37.6. The first-order chi connectivity index (χ1) is 6.97. The molecule has 0 amide bonds. The number of aliphatic hydroxyl groups excluding tert-OH is 4. The maximum atomic E-state index is 9.66. The Labute approximate surface area is 96.7 Å². The number of rotatable bonds is 3. The summed E-state index contributed by atoms with van der Waals surface area (Å²) >= 11 is -1.07. The van der Waals surface area contributed by atoms with E-state index < -0.39 is 43.3 Å². The van der Waals surface area contributed by atoms with Gasteiger partial charge < -0.3 is 0 Å². The van der Waals surface area contributed by atoms with Crippen molar-refractivity contribution in [3.05, 3.63) is 0 Å². The Balaban J connectivity index is 2.65. The van der Waals surface area contributed by atoms with E-state index >= 15 is 0 Å². The van der Waals surface area contributed by atoms with E-state index in [4.69, 9.17) is 9.84 Å². The predicted molar refractivity (Wildman–Crippen MR) is 58.8 cm³/mol. The van der Waals surface area contributed by atoms with Crippen molar-refractivity contribution in [2.45, 2.75) is 41.3 Å². The van der Waals surface area contributed by atoms with Gasteiger partial charge in [-0.15, -0.1) is 0 Å². The Morgan fingerprint density at radius 1 is 1.13 bits per heavy atom. The molecule has 0 radical (unpaired) electrons. The fourth-order valence-electron chi connectivity index (χ4n) is 1.36. The van der Waals surface area contributed by atoms with Crippen molar-refractivity contribution in [1.29, 1.82) is 0 Å². The Bertz CT molecular complexity index is 203. The second-order valence-electron chi connectivity index (χ2n) is 3.62. The maximum absolute atomic E-state index is 9.66. The summed E-state index contributed by atoms with van der Waals surface area (Å²) in [6.07, 6.45) is -4.38. The van der Waals surface area contributed by atoms with Crippen LogP contribution in [0.2, 0.25) is 11.4 Å². The summed E-state index contributed by atoms with van der Waals surface area (Å²) < 4.78 is 5.33. The van der Waals surface area contributed by atoms with E-state index in [9.17, 15) is 15.3 Å². The van der Waals surface area contributed by atoms with E-state index in [1.54, 1.807) is 0 Å². The zero-order valence-corrected chi connectivity index (χ0v) is 11.3. The number of aliphatic hydroxyl groups is 4. The molecule has 0 saturated carbocycles. The molecule has 1 aliphatic heterocycles. The predicted octanol–water partition coefficient (Wildman–Crippen LogP) is -1.23. The second kappa shape index (κ2) is 5.87. The first-order valence-corrected chi connectivity index (χ1v) is 11.5. The third-order valence-corrected chi connectivity index (χ3v) is 7.14. The van der Waals surface area contributed by atoms with Gasteiger partial charge in [0, 0.05) is 0 Å². The van der Waals surface area contributed by atoms with E-state index in [0.29, 0.717) is 0 Å². The van der Waals surface area contributed by atoms with Gasteiger partial charge in [-0.05, 0) is 0 Å². The molecule has 90 valence electrons. The zero-order valence-electron chi connectivity index (χ0n) is 8.65. The van der Waals surface area contributed by atoms with Gasteiger partial charge in [-0.3, -0.25) is 0 Å². The second-order valence-corrected chi connectivity index (χ2v) is 12.8. The monoisotopic (exact) mass is 300 g/mol. The van der Waals surface area contributed by atoms with Crippen LogP contribution in [0.4, 0.5) is 0 Å².